The molecule has 8 heteroatoms. The molecule has 0 aliphatic carbocycles. The van der Waals surface area contributed by atoms with Gasteiger partial charge in [-0.05, 0) is 56.4 Å². The largest absolute Gasteiger partial charge is 0.361 e. The summed E-state index contributed by atoms with van der Waals surface area (Å²) in [4.78, 5) is 27.7. The van der Waals surface area contributed by atoms with Gasteiger partial charge < -0.3 is 9.88 Å². The van der Waals surface area contributed by atoms with Crippen molar-refractivity contribution in [1.82, 2.24) is 29.5 Å². The summed E-state index contributed by atoms with van der Waals surface area (Å²) in [6, 6.07) is 6.57. The predicted molar refractivity (Wildman–Crippen MR) is 132 cm³/mol. The fourth-order valence-electron chi connectivity index (χ4n) is 5.11. The number of benzene rings is 1. The van der Waals surface area contributed by atoms with E-state index in [1.54, 1.807) is 4.52 Å². The summed E-state index contributed by atoms with van der Waals surface area (Å²) in [5.74, 6) is 1.24. The molecule has 1 amide bonds. The zero-order valence-electron chi connectivity index (χ0n) is 19.7. The van der Waals surface area contributed by atoms with E-state index in [4.69, 9.17) is 0 Å². The molecule has 7 nitrogen and oxygen atoms in total. The van der Waals surface area contributed by atoms with Gasteiger partial charge in [-0.2, -0.15) is 4.98 Å². The molecule has 4 heterocycles. The van der Waals surface area contributed by atoms with E-state index in [0.717, 1.165) is 49.3 Å². The highest BCUT2D eigenvalue weighted by molar-refractivity contribution is 7.98. The predicted octanol–water partition coefficient (Wildman–Crippen LogP) is 4.46. The highest BCUT2D eigenvalue weighted by Crippen LogP contribution is 2.34. The molecule has 0 bridgehead atoms. The molecule has 1 N–H and O–H groups in total. The molecule has 5 rings (SSSR count). The van der Waals surface area contributed by atoms with Crippen molar-refractivity contribution in [3.05, 3.63) is 52.5 Å². The van der Waals surface area contributed by atoms with Crippen LogP contribution in [0, 0.1) is 13.8 Å². The lowest BCUT2D eigenvalue weighted by atomic mass is 9.88. The molecule has 0 saturated carbocycles. The number of hydrogen-bond acceptors (Lipinski definition) is 5. The Balaban J connectivity index is 1.30. The van der Waals surface area contributed by atoms with E-state index in [1.165, 1.54) is 33.8 Å². The maximum atomic E-state index is 13.2. The third kappa shape index (κ3) is 3.90. The summed E-state index contributed by atoms with van der Waals surface area (Å²) in [6.07, 6.45) is 7.49. The Morgan fingerprint density at radius 3 is 2.73 bits per heavy atom. The number of para-hydroxylation sites is 1. The Morgan fingerprint density at radius 1 is 1.21 bits per heavy atom. The number of thioether (sulfide) groups is 1. The third-order valence-corrected chi connectivity index (χ3v) is 7.58. The lowest BCUT2D eigenvalue weighted by Crippen LogP contribution is -2.39. The van der Waals surface area contributed by atoms with Gasteiger partial charge in [0.15, 0.2) is 0 Å². The van der Waals surface area contributed by atoms with Crippen molar-refractivity contribution in [2.75, 3.05) is 19.3 Å². The highest BCUT2D eigenvalue weighted by Gasteiger charge is 2.27. The number of likely N-dealkylation sites (tertiary alicyclic amines) is 1. The van der Waals surface area contributed by atoms with Crippen LogP contribution in [-0.2, 0) is 17.6 Å². The molecule has 33 heavy (non-hydrogen) atoms. The van der Waals surface area contributed by atoms with Gasteiger partial charge in [0.2, 0.25) is 11.1 Å². The smallest absolute Gasteiger partial charge is 0.253 e. The van der Waals surface area contributed by atoms with Gasteiger partial charge in [0, 0.05) is 47.1 Å². The fourth-order valence-corrected chi connectivity index (χ4v) is 5.44. The van der Waals surface area contributed by atoms with Crippen LogP contribution in [0.25, 0.3) is 16.7 Å². The first kappa shape index (κ1) is 21.9. The number of fused-ring (bicyclic) bond motifs is 2. The molecule has 1 aliphatic rings. The van der Waals surface area contributed by atoms with Crippen molar-refractivity contribution >= 4 is 34.3 Å². The zero-order valence-corrected chi connectivity index (χ0v) is 20.5. The van der Waals surface area contributed by atoms with Crippen LogP contribution in [0.3, 0.4) is 0 Å². The Hall–Kier alpha value is -2.87. The number of aromatic amines is 1. The SMILES string of the molecule is CCc1cccc2c(C3CCN(C(=O)Cc4c(C)nc5nc(SC)nn5c4C)CC3)c[nH]c12. The van der Waals surface area contributed by atoms with Gasteiger partial charge in [-0.1, -0.05) is 36.9 Å². The van der Waals surface area contributed by atoms with Gasteiger partial charge in [0.25, 0.3) is 5.78 Å². The number of H-pyrrole nitrogens is 1. The van der Waals surface area contributed by atoms with Gasteiger partial charge in [-0.15, -0.1) is 5.10 Å². The molecule has 1 aromatic carbocycles. The second kappa shape index (κ2) is 8.82. The summed E-state index contributed by atoms with van der Waals surface area (Å²) < 4.78 is 1.76. The molecule has 0 unspecified atom stereocenters. The zero-order chi connectivity index (χ0) is 23.1. The van der Waals surface area contributed by atoms with Crippen LogP contribution in [0.15, 0.2) is 29.6 Å². The third-order valence-electron chi connectivity index (χ3n) is 7.04. The summed E-state index contributed by atoms with van der Waals surface area (Å²) in [7, 11) is 0. The number of nitrogens with one attached hydrogen (secondary N) is 1. The monoisotopic (exact) mass is 462 g/mol. The average Bonchev–Trinajstić information content (AvgIpc) is 3.46. The molecule has 4 aromatic rings. The number of aryl methyl sites for hydroxylation is 3. The summed E-state index contributed by atoms with van der Waals surface area (Å²) >= 11 is 1.49. The summed E-state index contributed by atoms with van der Waals surface area (Å²) in [5, 5.41) is 6.53. The van der Waals surface area contributed by atoms with Crippen LogP contribution in [0.4, 0.5) is 0 Å². The van der Waals surface area contributed by atoms with Gasteiger partial charge in [0.05, 0.1) is 6.42 Å². The second-order valence-corrected chi connectivity index (χ2v) is 9.61. The molecule has 0 spiro atoms. The quantitative estimate of drug-likeness (QED) is 0.443. The number of hydrogen-bond donors (Lipinski definition) is 1. The minimum absolute atomic E-state index is 0.165. The molecule has 3 aromatic heterocycles. The van der Waals surface area contributed by atoms with E-state index in [9.17, 15) is 4.79 Å². The van der Waals surface area contributed by atoms with Crippen LogP contribution in [0.5, 0.6) is 0 Å². The fraction of sp³-hybridized carbons (Fsp3) is 0.440. The molecule has 0 atom stereocenters. The van der Waals surface area contributed by atoms with E-state index < -0.39 is 0 Å². The summed E-state index contributed by atoms with van der Waals surface area (Å²) in [5.41, 5.74) is 6.77. The van der Waals surface area contributed by atoms with E-state index in [2.05, 4.69) is 51.4 Å². The summed E-state index contributed by atoms with van der Waals surface area (Å²) in [6.45, 7) is 7.73. The minimum atomic E-state index is 0.165. The van der Waals surface area contributed by atoms with Crippen molar-refractivity contribution in [3.63, 3.8) is 0 Å². The Kier molecular flexibility index (Phi) is 5.86. The molecule has 172 valence electrons. The van der Waals surface area contributed by atoms with Gasteiger partial charge in [-0.25, -0.2) is 9.50 Å². The number of amides is 1. The van der Waals surface area contributed by atoms with E-state index in [0.29, 0.717) is 23.3 Å². The van der Waals surface area contributed by atoms with E-state index >= 15 is 0 Å². The number of piperidine rings is 1. The number of nitrogens with zero attached hydrogens (tertiary/aromatic N) is 5. The number of carbonyl (C=O) groups is 1. The Labute approximate surface area is 198 Å². The van der Waals surface area contributed by atoms with Gasteiger partial charge >= 0.3 is 0 Å². The van der Waals surface area contributed by atoms with Crippen molar-refractivity contribution in [2.45, 2.75) is 57.5 Å². The van der Waals surface area contributed by atoms with Crippen LogP contribution >= 0.6 is 11.8 Å². The van der Waals surface area contributed by atoms with Crippen molar-refractivity contribution in [1.29, 1.82) is 0 Å². The second-order valence-electron chi connectivity index (χ2n) is 8.84. The topological polar surface area (TPSA) is 79.2 Å². The first-order chi connectivity index (χ1) is 16.0. The molecule has 1 fully saturated rings. The molecular weight excluding hydrogens is 432 g/mol. The number of aromatic nitrogens is 5. The normalized spacial score (nSPS) is 15.1. The number of carbonyl (C=O) groups excluding carboxylic acids is 1. The maximum absolute atomic E-state index is 13.2. The molecule has 0 radical (unpaired) electrons. The van der Waals surface area contributed by atoms with Gasteiger partial charge in [0.1, 0.15) is 0 Å². The Bertz CT molecular complexity index is 1330. The van der Waals surface area contributed by atoms with Crippen molar-refractivity contribution < 1.29 is 4.79 Å². The molecule has 1 saturated heterocycles. The highest BCUT2D eigenvalue weighted by atomic mass is 32.2. The number of rotatable bonds is 5. The van der Waals surface area contributed by atoms with Crippen molar-refractivity contribution in [3.8, 4) is 0 Å². The van der Waals surface area contributed by atoms with E-state index in [-0.39, 0.29) is 5.91 Å². The minimum Gasteiger partial charge on any atom is -0.361 e. The average molecular weight is 463 g/mol. The van der Waals surface area contributed by atoms with Crippen LogP contribution in [-0.4, -0.2) is 54.7 Å². The van der Waals surface area contributed by atoms with Crippen molar-refractivity contribution in [2.24, 2.45) is 0 Å². The van der Waals surface area contributed by atoms with Gasteiger partial charge in [-0.3, -0.25) is 4.79 Å². The Morgan fingerprint density at radius 2 is 2.00 bits per heavy atom. The molecule has 1 aliphatic heterocycles. The standard InChI is InChI=1S/C25H30N6OS/c1-5-17-7-6-8-19-21(14-26-23(17)19)18-9-11-30(12-10-18)22(32)13-20-15(2)27-24-28-25(33-4)29-31(24)16(20)3/h6-8,14,18,26H,5,9-13H2,1-4H3. The first-order valence-corrected chi connectivity index (χ1v) is 12.9. The molecular formula is C25H30N6OS. The lowest BCUT2D eigenvalue weighted by molar-refractivity contribution is -0.131. The first-order valence-electron chi connectivity index (χ1n) is 11.6. The van der Waals surface area contributed by atoms with E-state index in [1.807, 2.05) is 25.0 Å². The lowest BCUT2D eigenvalue weighted by Gasteiger charge is -2.32. The van der Waals surface area contributed by atoms with Crippen LogP contribution < -0.4 is 0 Å². The van der Waals surface area contributed by atoms with Crippen LogP contribution in [0.2, 0.25) is 0 Å². The van der Waals surface area contributed by atoms with Crippen LogP contribution in [0.1, 0.15) is 53.8 Å². The maximum Gasteiger partial charge on any atom is 0.253 e.